The van der Waals surface area contributed by atoms with Crippen molar-refractivity contribution in [1.29, 1.82) is 0 Å². The summed E-state index contributed by atoms with van der Waals surface area (Å²) in [5.41, 5.74) is 3.94. The van der Waals surface area contributed by atoms with E-state index in [2.05, 4.69) is 27.5 Å². The van der Waals surface area contributed by atoms with E-state index in [1.165, 1.54) is 0 Å². The zero-order chi connectivity index (χ0) is 23.3. The summed E-state index contributed by atoms with van der Waals surface area (Å²) < 4.78 is 12.6. The molecule has 5 rings (SSSR count). The van der Waals surface area contributed by atoms with Gasteiger partial charge in [0.1, 0.15) is 11.5 Å². The normalized spacial score (nSPS) is 10.7. The van der Waals surface area contributed by atoms with Crippen molar-refractivity contribution in [3.63, 3.8) is 0 Å². The summed E-state index contributed by atoms with van der Waals surface area (Å²) in [6.07, 6.45) is 3.32. The van der Waals surface area contributed by atoms with Crippen molar-refractivity contribution >= 4 is 22.5 Å². The molecule has 0 bridgehead atoms. The Morgan fingerprint density at radius 3 is 2.47 bits per heavy atom. The lowest BCUT2D eigenvalue weighted by Gasteiger charge is -2.08. The molecule has 168 valence electrons. The molecule has 7 nitrogen and oxygen atoms in total. The number of methoxy groups -OCH3 is 1. The molecule has 0 saturated heterocycles. The average Bonchev–Trinajstić information content (AvgIpc) is 3.37. The zero-order valence-electron chi connectivity index (χ0n) is 18.5. The molecule has 0 atom stereocenters. The van der Waals surface area contributed by atoms with Gasteiger partial charge in [0.15, 0.2) is 12.4 Å². The van der Waals surface area contributed by atoms with E-state index in [1.807, 2.05) is 66.7 Å². The fourth-order valence-electron chi connectivity index (χ4n) is 3.56. The molecule has 3 aromatic carbocycles. The van der Waals surface area contributed by atoms with Gasteiger partial charge < -0.3 is 14.8 Å². The summed E-state index contributed by atoms with van der Waals surface area (Å²) in [5.74, 6) is 1.14. The minimum absolute atomic E-state index is 0.192. The summed E-state index contributed by atoms with van der Waals surface area (Å²) >= 11 is 0. The topological polar surface area (TPSA) is 78.3 Å². The Labute approximate surface area is 196 Å². The van der Waals surface area contributed by atoms with Crippen LogP contribution < -0.4 is 14.8 Å². The van der Waals surface area contributed by atoms with Crippen molar-refractivity contribution in [3.8, 4) is 22.6 Å². The second-order valence-corrected chi connectivity index (χ2v) is 7.64. The average molecular weight is 450 g/mol. The number of carbonyl (C=O) groups excluding carboxylic acids is 1. The van der Waals surface area contributed by atoms with Crippen molar-refractivity contribution in [3.05, 3.63) is 103 Å². The van der Waals surface area contributed by atoms with Crippen molar-refractivity contribution in [1.82, 2.24) is 14.8 Å². The highest BCUT2D eigenvalue weighted by atomic mass is 16.5. The van der Waals surface area contributed by atoms with E-state index in [4.69, 9.17) is 9.47 Å². The summed E-state index contributed by atoms with van der Waals surface area (Å²) in [5, 5.41) is 8.05. The first-order valence-corrected chi connectivity index (χ1v) is 10.7. The van der Waals surface area contributed by atoms with Gasteiger partial charge in [0.05, 0.1) is 24.5 Å². The number of anilines is 1. The highest BCUT2D eigenvalue weighted by Gasteiger charge is 2.11. The van der Waals surface area contributed by atoms with Gasteiger partial charge in [-0.05, 0) is 47.5 Å². The van der Waals surface area contributed by atoms with Gasteiger partial charge in [0, 0.05) is 17.6 Å². The van der Waals surface area contributed by atoms with Crippen LogP contribution in [0, 0.1) is 0 Å². The van der Waals surface area contributed by atoms with Crippen LogP contribution in [0.5, 0.6) is 11.5 Å². The van der Waals surface area contributed by atoms with Crippen LogP contribution in [0.1, 0.15) is 10.5 Å². The number of hydrogen-bond acceptors (Lipinski definition) is 5. The van der Waals surface area contributed by atoms with Crippen LogP contribution >= 0.6 is 0 Å². The number of rotatable bonds is 7. The van der Waals surface area contributed by atoms with Gasteiger partial charge in [-0.15, -0.1) is 0 Å². The van der Waals surface area contributed by atoms with E-state index in [0.29, 0.717) is 5.69 Å². The van der Waals surface area contributed by atoms with Gasteiger partial charge in [-0.25, -0.2) is 4.68 Å². The third-order valence-corrected chi connectivity index (χ3v) is 5.35. The molecule has 0 unspecified atom stereocenters. The number of amides is 1. The van der Waals surface area contributed by atoms with Crippen LogP contribution in [-0.2, 0) is 6.73 Å². The number of hydrogen-bond donors (Lipinski definition) is 1. The lowest BCUT2D eigenvalue weighted by molar-refractivity contribution is 0.102. The second-order valence-electron chi connectivity index (χ2n) is 7.64. The first kappa shape index (κ1) is 21.2. The zero-order valence-corrected chi connectivity index (χ0v) is 18.5. The first-order chi connectivity index (χ1) is 16.7. The molecule has 1 amide bonds. The SMILES string of the molecule is COc1ccc2cc(NC(=O)c3ccn(COc4ccc(-c5ccccc5)cc4)n3)cnc2c1. The Bertz CT molecular complexity index is 1430. The molecule has 2 heterocycles. The maximum absolute atomic E-state index is 12.6. The van der Waals surface area contributed by atoms with Gasteiger partial charge in [-0.3, -0.25) is 9.78 Å². The number of nitrogens with one attached hydrogen (secondary N) is 1. The first-order valence-electron chi connectivity index (χ1n) is 10.7. The van der Waals surface area contributed by atoms with Gasteiger partial charge >= 0.3 is 0 Å². The van der Waals surface area contributed by atoms with Crippen molar-refractivity contribution < 1.29 is 14.3 Å². The minimum Gasteiger partial charge on any atom is -0.497 e. The quantitative estimate of drug-likeness (QED) is 0.359. The fourth-order valence-corrected chi connectivity index (χ4v) is 3.56. The van der Waals surface area contributed by atoms with Crippen LogP contribution in [0.4, 0.5) is 5.69 Å². The Kier molecular flexibility index (Phi) is 5.90. The molecule has 5 aromatic rings. The Balaban J connectivity index is 1.20. The van der Waals surface area contributed by atoms with E-state index in [-0.39, 0.29) is 18.3 Å². The monoisotopic (exact) mass is 450 g/mol. The van der Waals surface area contributed by atoms with E-state index in [0.717, 1.165) is 33.5 Å². The highest BCUT2D eigenvalue weighted by molar-refractivity contribution is 6.03. The molecule has 1 N–H and O–H groups in total. The molecule has 0 radical (unpaired) electrons. The smallest absolute Gasteiger partial charge is 0.276 e. The number of nitrogens with zero attached hydrogens (tertiary/aromatic N) is 3. The number of carbonyl (C=O) groups is 1. The number of ether oxygens (including phenoxy) is 2. The summed E-state index contributed by atoms with van der Waals surface area (Å²) in [4.78, 5) is 17.0. The lowest BCUT2D eigenvalue weighted by atomic mass is 10.1. The molecule has 0 aliphatic rings. The van der Waals surface area contributed by atoms with E-state index in [9.17, 15) is 4.79 Å². The third kappa shape index (κ3) is 4.73. The third-order valence-electron chi connectivity index (χ3n) is 5.35. The Hall–Kier alpha value is -4.65. The number of aromatic nitrogens is 3. The van der Waals surface area contributed by atoms with E-state index in [1.54, 1.807) is 30.3 Å². The Morgan fingerprint density at radius 1 is 0.912 bits per heavy atom. The van der Waals surface area contributed by atoms with E-state index >= 15 is 0 Å². The van der Waals surface area contributed by atoms with Gasteiger partial charge in [0.2, 0.25) is 0 Å². The number of fused-ring (bicyclic) bond motifs is 1. The molecule has 34 heavy (non-hydrogen) atoms. The van der Waals surface area contributed by atoms with Crippen LogP contribution in [0.3, 0.4) is 0 Å². The molecule has 0 spiro atoms. The largest absolute Gasteiger partial charge is 0.497 e. The maximum Gasteiger partial charge on any atom is 0.276 e. The van der Waals surface area contributed by atoms with Crippen LogP contribution in [0.15, 0.2) is 97.3 Å². The maximum atomic E-state index is 12.6. The van der Waals surface area contributed by atoms with Crippen molar-refractivity contribution in [2.45, 2.75) is 6.73 Å². The van der Waals surface area contributed by atoms with Crippen molar-refractivity contribution in [2.24, 2.45) is 0 Å². The molecule has 0 saturated carbocycles. The van der Waals surface area contributed by atoms with Gasteiger partial charge in [-0.2, -0.15) is 5.10 Å². The molecule has 0 aliphatic carbocycles. The van der Waals surface area contributed by atoms with Crippen LogP contribution in [-0.4, -0.2) is 27.8 Å². The second kappa shape index (κ2) is 9.46. The molecule has 0 fully saturated rings. The lowest BCUT2D eigenvalue weighted by Crippen LogP contribution is -2.14. The molecular weight excluding hydrogens is 428 g/mol. The molecule has 7 heteroatoms. The fraction of sp³-hybridized carbons (Fsp3) is 0.0741. The van der Waals surface area contributed by atoms with Gasteiger partial charge in [0.25, 0.3) is 5.91 Å². The van der Waals surface area contributed by atoms with Crippen molar-refractivity contribution in [2.75, 3.05) is 12.4 Å². The predicted octanol–water partition coefficient (Wildman–Crippen LogP) is 5.40. The van der Waals surface area contributed by atoms with Crippen LogP contribution in [0.2, 0.25) is 0 Å². The highest BCUT2D eigenvalue weighted by Crippen LogP contribution is 2.23. The summed E-state index contributed by atoms with van der Waals surface area (Å²) in [6, 6.07) is 27.1. The summed E-state index contributed by atoms with van der Waals surface area (Å²) in [7, 11) is 1.61. The Morgan fingerprint density at radius 2 is 1.68 bits per heavy atom. The molecular formula is C27H22N4O3. The number of pyridine rings is 1. The predicted molar refractivity (Wildman–Crippen MR) is 131 cm³/mol. The van der Waals surface area contributed by atoms with E-state index < -0.39 is 0 Å². The number of benzene rings is 3. The standard InChI is InChI=1S/C27H22N4O3/c1-33-24-12-9-21-15-22(17-28-26(21)16-24)29-27(32)25-13-14-31(30-25)18-34-23-10-7-20(8-11-23)19-5-3-2-4-6-19/h2-17H,18H2,1H3,(H,29,32). The molecule has 0 aliphatic heterocycles. The minimum atomic E-state index is -0.319. The summed E-state index contributed by atoms with van der Waals surface area (Å²) in [6.45, 7) is 0.192. The molecule has 2 aromatic heterocycles. The van der Waals surface area contributed by atoms with Crippen LogP contribution in [0.25, 0.3) is 22.0 Å². The van der Waals surface area contributed by atoms with Gasteiger partial charge in [-0.1, -0.05) is 42.5 Å².